The van der Waals surface area contributed by atoms with Crippen LogP contribution in [0.1, 0.15) is 33.6 Å². The average Bonchev–Trinajstić information content (AvgIpc) is 3.22. The van der Waals surface area contributed by atoms with Crippen molar-refractivity contribution < 1.29 is 9.59 Å². The number of rotatable bonds is 4. The minimum atomic E-state index is -0.354. The van der Waals surface area contributed by atoms with Crippen molar-refractivity contribution in [3.63, 3.8) is 0 Å². The highest BCUT2D eigenvalue weighted by atomic mass is 35.5. The summed E-state index contributed by atoms with van der Waals surface area (Å²) in [4.78, 5) is 24.2. The van der Waals surface area contributed by atoms with Gasteiger partial charge in [0.1, 0.15) is 4.34 Å². The Balaban J connectivity index is 1.73. The number of hydrogen-bond acceptors (Lipinski definition) is 3. The lowest BCUT2D eigenvalue weighted by Gasteiger charge is -2.07. The molecule has 0 saturated heterocycles. The molecule has 0 atom stereocenters. The number of thiophene rings is 1. The van der Waals surface area contributed by atoms with Gasteiger partial charge in [0.05, 0.1) is 9.90 Å². The number of halogens is 2. The Bertz CT molecular complexity index is 741. The number of carbonyl (C=O) groups is 2. The first kappa shape index (κ1) is 15.3. The zero-order valence-corrected chi connectivity index (χ0v) is 13.7. The summed E-state index contributed by atoms with van der Waals surface area (Å²) in [5.41, 5.74) is 1.37. The molecule has 22 heavy (non-hydrogen) atoms. The van der Waals surface area contributed by atoms with Crippen LogP contribution in [0.15, 0.2) is 30.3 Å². The van der Waals surface area contributed by atoms with Crippen molar-refractivity contribution >= 4 is 52.0 Å². The molecule has 4 nitrogen and oxygen atoms in total. The number of benzene rings is 1. The molecule has 0 bridgehead atoms. The summed E-state index contributed by atoms with van der Waals surface area (Å²) in [6.45, 7) is 0. The molecule has 1 aromatic carbocycles. The van der Waals surface area contributed by atoms with Crippen LogP contribution >= 0.6 is 34.5 Å². The third kappa shape index (κ3) is 3.61. The second kappa shape index (κ2) is 6.28. The van der Waals surface area contributed by atoms with Crippen LogP contribution in [0.25, 0.3) is 0 Å². The van der Waals surface area contributed by atoms with Crippen LogP contribution in [-0.2, 0) is 0 Å². The zero-order chi connectivity index (χ0) is 15.7. The van der Waals surface area contributed by atoms with E-state index >= 15 is 0 Å². The highest BCUT2D eigenvalue weighted by molar-refractivity contribution is 7.20. The van der Waals surface area contributed by atoms with Crippen molar-refractivity contribution in [1.82, 2.24) is 5.32 Å². The predicted octanol–water partition coefficient (Wildman–Crippen LogP) is 4.20. The number of carbonyl (C=O) groups excluding carboxylic acids is 2. The second-order valence-electron chi connectivity index (χ2n) is 5.02. The van der Waals surface area contributed by atoms with Crippen molar-refractivity contribution in [3.05, 3.63) is 50.1 Å². The van der Waals surface area contributed by atoms with Gasteiger partial charge < -0.3 is 10.6 Å². The Kier molecular flexibility index (Phi) is 4.38. The minimum Gasteiger partial charge on any atom is -0.349 e. The van der Waals surface area contributed by atoms with E-state index in [2.05, 4.69) is 10.6 Å². The smallest absolute Gasteiger partial charge is 0.258 e. The van der Waals surface area contributed by atoms with Crippen LogP contribution in [0.3, 0.4) is 0 Å². The Hall–Kier alpha value is -1.56. The standard InChI is InChI=1S/C15H12Cl2N2O2S/c16-12-7-11(13(17)22-12)15(21)19-10-3-1-2-8(6-10)14(20)18-9-4-5-9/h1-3,6-7,9H,4-5H2,(H,18,20)(H,19,21). The summed E-state index contributed by atoms with van der Waals surface area (Å²) in [6.07, 6.45) is 2.05. The quantitative estimate of drug-likeness (QED) is 0.864. The molecule has 1 heterocycles. The fourth-order valence-corrected chi connectivity index (χ4v) is 3.39. The summed E-state index contributed by atoms with van der Waals surface area (Å²) in [5.74, 6) is -0.483. The molecule has 1 aliphatic carbocycles. The van der Waals surface area contributed by atoms with E-state index in [1.54, 1.807) is 24.3 Å². The van der Waals surface area contributed by atoms with Gasteiger partial charge in [0, 0.05) is 17.3 Å². The van der Waals surface area contributed by atoms with E-state index in [1.807, 2.05) is 0 Å². The lowest BCUT2D eigenvalue weighted by molar-refractivity contribution is 0.0949. The van der Waals surface area contributed by atoms with Crippen LogP contribution in [0.5, 0.6) is 0 Å². The van der Waals surface area contributed by atoms with Gasteiger partial charge in [-0.05, 0) is 37.1 Å². The normalized spacial score (nSPS) is 13.7. The van der Waals surface area contributed by atoms with Gasteiger partial charge in [-0.1, -0.05) is 29.3 Å². The first-order valence-corrected chi connectivity index (χ1v) is 8.27. The van der Waals surface area contributed by atoms with Gasteiger partial charge >= 0.3 is 0 Å². The summed E-state index contributed by atoms with van der Waals surface area (Å²) in [5, 5.41) is 5.63. The molecule has 0 spiro atoms. The maximum Gasteiger partial charge on any atom is 0.258 e. The molecule has 0 radical (unpaired) electrons. The SMILES string of the molecule is O=C(NC1CC1)c1cccc(NC(=O)c2cc(Cl)sc2Cl)c1. The molecule has 2 amide bonds. The highest BCUT2D eigenvalue weighted by Gasteiger charge is 2.24. The average molecular weight is 355 g/mol. The van der Waals surface area contributed by atoms with Crippen LogP contribution in [0.2, 0.25) is 8.67 Å². The number of anilines is 1. The molecule has 0 aliphatic heterocycles. The lowest BCUT2D eigenvalue weighted by atomic mass is 10.2. The van der Waals surface area contributed by atoms with Gasteiger partial charge in [-0.15, -0.1) is 11.3 Å². The molecule has 2 aromatic rings. The van der Waals surface area contributed by atoms with E-state index in [0.29, 0.717) is 25.5 Å². The first-order chi connectivity index (χ1) is 10.5. The highest BCUT2D eigenvalue weighted by Crippen LogP contribution is 2.31. The van der Waals surface area contributed by atoms with Crippen molar-refractivity contribution in [3.8, 4) is 0 Å². The third-order valence-electron chi connectivity index (χ3n) is 3.20. The Morgan fingerprint density at radius 2 is 1.91 bits per heavy atom. The van der Waals surface area contributed by atoms with Crippen LogP contribution in [0.4, 0.5) is 5.69 Å². The van der Waals surface area contributed by atoms with Crippen LogP contribution in [0, 0.1) is 0 Å². The summed E-state index contributed by atoms with van der Waals surface area (Å²) in [6, 6.07) is 8.60. The molecule has 1 aromatic heterocycles. The van der Waals surface area contributed by atoms with E-state index < -0.39 is 0 Å². The minimum absolute atomic E-state index is 0.129. The molecule has 114 valence electrons. The third-order valence-corrected chi connectivity index (χ3v) is 4.68. The molecule has 1 fully saturated rings. The number of hydrogen-bond donors (Lipinski definition) is 2. The van der Waals surface area contributed by atoms with Gasteiger partial charge in [0.2, 0.25) is 0 Å². The first-order valence-electron chi connectivity index (χ1n) is 6.70. The fourth-order valence-electron chi connectivity index (χ4n) is 1.93. The number of amides is 2. The van der Waals surface area contributed by atoms with Crippen LogP contribution < -0.4 is 10.6 Å². The Morgan fingerprint density at radius 3 is 2.55 bits per heavy atom. The van der Waals surface area contributed by atoms with Crippen molar-refractivity contribution in [2.75, 3.05) is 5.32 Å². The Morgan fingerprint density at radius 1 is 1.14 bits per heavy atom. The van der Waals surface area contributed by atoms with Crippen molar-refractivity contribution in [2.45, 2.75) is 18.9 Å². The van der Waals surface area contributed by atoms with Gasteiger partial charge in [-0.2, -0.15) is 0 Å². The second-order valence-corrected chi connectivity index (χ2v) is 7.31. The van der Waals surface area contributed by atoms with E-state index in [1.165, 1.54) is 6.07 Å². The topological polar surface area (TPSA) is 58.2 Å². The Labute approximate surface area is 141 Å². The summed E-state index contributed by atoms with van der Waals surface area (Å²) >= 11 is 12.9. The van der Waals surface area contributed by atoms with Gasteiger partial charge in [0.15, 0.2) is 0 Å². The molecule has 1 aliphatic rings. The van der Waals surface area contributed by atoms with Crippen molar-refractivity contribution in [1.29, 1.82) is 0 Å². The number of nitrogens with one attached hydrogen (secondary N) is 2. The molecule has 3 rings (SSSR count). The van der Waals surface area contributed by atoms with Gasteiger partial charge in [0.25, 0.3) is 11.8 Å². The van der Waals surface area contributed by atoms with Gasteiger partial charge in [-0.3, -0.25) is 9.59 Å². The molecule has 1 saturated carbocycles. The lowest BCUT2D eigenvalue weighted by Crippen LogP contribution is -2.25. The van der Waals surface area contributed by atoms with Crippen LogP contribution in [-0.4, -0.2) is 17.9 Å². The molecule has 0 unspecified atom stereocenters. The van der Waals surface area contributed by atoms with Gasteiger partial charge in [-0.25, -0.2) is 0 Å². The fraction of sp³-hybridized carbons (Fsp3) is 0.200. The zero-order valence-electron chi connectivity index (χ0n) is 11.4. The van der Waals surface area contributed by atoms with E-state index in [-0.39, 0.29) is 17.9 Å². The molecule has 7 heteroatoms. The summed E-state index contributed by atoms with van der Waals surface area (Å²) in [7, 11) is 0. The van der Waals surface area contributed by atoms with E-state index in [9.17, 15) is 9.59 Å². The maximum atomic E-state index is 12.2. The predicted molar refractivity (Wildman–Crippen MR) is 89.2 cm³/mol. The van der Waals surface area contributed by atoms with E-state index in [0.717, 1.165) is 24.2 Å². The van der Waals surface area contributed by atoms with E-state index in [4.69, 9.17) is 23.2 Å². The maximum absolute atomic E-state index is 12.2. The monoisotopic (exact) mass is 354 g/mol. The molecular formula is C15H12Cl2N2O2S. The largest absolute Gasteiger partial charge is 0.349 e. The molecular weight excluding hydrogens is 343 g/mol. The molecule has 2 N–H and O–H groups in total. The summed E-state index contributed by atoms with van der Waals surface area (Å²) < 4.78 is 0.790. The van der Waals surface area contributed by atoms with Crippen molar-refractivity contribution in [2.24, 2.45) is 0 Å².